The van der Waals surface area contributed by atoms with E-state index in [1.54, 1.807) is 6.07 Å². The number of alkyl halides is 3. The van der Waals surface area contributed by atoms with Crippen molar-refractivity contribution in [2.45, 2.75) is 25.9 Å². The first-order valence-corrected chi connectivity index (χ1v) is 6.88. The van der Waals surface area contributed by atoms with Gasteiger partial charge in [-0.1, -0.05) is 49.6 Å². The van der Waals surface area contributed by atoms with Crippen molar-refractivity contribution >= 4 is 0 Å². The van der Waals surface area contributed by atoms with Crippen LogP contribution in [0.4, 0.5) is 17.6 Å². The third-order valence-electron chi connectivity index (χ3n) is 3.13. The monoisotopic (exact) mass is 306 g/mol. The summed E-state index contributed by atoms with van der Waals surface area (Å²) in [5.74, 6) is 2.12. The first-order valence-electron chi connectivity index (χ1n) is 6.88. The lowest BCUT2D eigenvalue weighted by Gasteiger charge is -2.05. The van der Waals surface area contributed by atoms with E-state index in [4.69, 9.17) is 0 Å². The fraction of sp³-hybridized carbons (Fsp3) is 0.222. The van der Waals surface area contributed by atoms with E-state index in [9.17, 15) is 17.6 Å². The van der Waals surface area contributed by atoms with Gasteiger partial charge >= 0.3 is 6.18 Å². The number of benzene rings is 2. The molecule has 0 unspecified atom stereocenters. The second kappa shape index (κ2) is 6.65. The maximum Gasteiger partial charge on any atom is 0.458 e. The van der Waals surface area contributed by atoms with Crippen LogP contribution in [0.25, 0.3) is 11.1 Å². The van der Waals surface area contributed by atoms with Gasteiger partial charge in [0.25, 0.3) is 0 Å². The fourth-order valence-electron chi connectivity index (χ4n) is 2.09. The summed E-state index contributed by atoms with van der Waals surface area (Å²) < 4.78 is 49.9. The lowest BCUT2D eigenvalue weighted by molar-refractivity contribution is -0.0696. The molecule has 2 aromatic carbocycles. The van der Waals surface area contributed by atoms with E-state index < -0.39 is 12.0 Å². The topological polar surface area (TPSA) is 0 Å². The highest BCUT2D eigenvalue weighted by atomic mass is 19.4. The molecule has 0 nitrogen and oxygen atoms in total. The Balaban J connectivity index is 2.26. The minimum absolute atomic E-state index is 0.260. The molecule has 0 spiro atoms. The summed E-state index contributed by atoms with van der Waals surface area (Å²) in [6, 6.07) is 11.7. The molecule has 2 rings (SSSR count). The molecule has 22 heavy (non-hydrogen) atoms. The highest BCUT2D eigenvalue weighted by Gasteiger charge is 2.23. The minimum atomic E-state index is -4.62. The molecule has 0 aliphatic rings. The molecule has 4 heteroatoms. The van der Waals surface area contributed by atoms with E-state index in [-0.39, 0.29) is 5.56 Å². The molecule has 0 N–H and O–H groups in total. The SMILES string of the molecule is CCCc1ccc(-c2ccc(C#CC(F)(F)F)c(F)c2)cc1. The zero-order valence-corrected chi connectivity index (χ0v) is 12.0. The van der Waals surface area contributed by atoms with Gasteiger partial charge in [-0.25, -0.2) is 4.39 Å². The molecule has 0 radical (unpaired) electrons. The van der Waals surface area contributed by atoms with Gasteiger partial charge in [0, 0.05) is 5.92 Å². The molecular weight excluding hydrogens is 292 g/mol. The van der Waals surface area contributed by atoms with E-state index in [2.05, 4.69) is 6.92 Å². The summed E-state index contributed by atoms with van der Waals surface area (Å²) in [6.07, 6.45) is -2.61. The van der Waals surface area contributed by atoms with Crippen molar-refractivity contribution in [3.63, 3.8) is 0 Å². The van der Waals surface area contributed by atoms with Crippen LogP contribution in [0.2, 0.25) is 0 Å². The molecule has 0 bridgehead atoms. The van der Waals surface area contributed by atoms with Crippen LogP contribution < -0.4 is 0 Å². The number of hydrogen-bond acceptors (Lipinski definition) is 0. The molecule has 0 aromatic heterocycles. The van der Waals surface area contributed by atoms with Gasteiger partial charge in [-0.2, -0.15) is 13.2 Å². The molecule has 2 aromatic rings. The average Bonchev–Trinajstić information content (AvgIpc) is 2.46. The fourth-order valence-corrected chi connectivity index (χ4v) is 2.09. The Morgan fingerprint density at radius 2 is 1.59 bits per heavy atom. The van der Waals surface area contributed by atoms with E-state index >= 15 is 0 Å². The molecule has 0 aliphatic carbocycles. The first kappa shape index (κ1) is 16.1. The predicted molar refractivity (Wildman–Crippen MR) is 78.8 cm³/mol. The molecule has 0 saturated carbocycles. The largest absolute Gasteiger partial charge is 0.458 e. The van der Waals surface area contributed by atoms with Crippen molar-refractivity contribution in [3.05, 3.63) is 59.4 Å². The molecule has 0 heterocycles. The van der Waals surface area contributed by atoms with Gasteiger partial charge < -0.3 is 0 Å². The first-order chi connectivity index (χ1) is 10.4. The van der Waals surface area contributed by atoms with Gasteiger partial charge in [-0.15, -0.1) is 0 Å². The van der Waals surface area contributed by atoms with Gasteiger partial charge in [0.1, 0.15) is 5.82 Å². The second-order valence-electron chi connectivity index (χ2n) is 4.89. The Kier molecular flexibility index (Phi) is 4.87. The summed E-state index contributed by atoms with van der Waals surface area (Å²) in [5.41, 5.74) is 2.36. The van der Waals surface area contributed by atoms with Gasteiger partial charge in [-0.3, -0.25) is 0 Å². The Bertz CT molecular complexity index is 701. The highest BCUT2D eigenvalue weighted by Crippen LogP contribution is 2.23. The zero-order valence-electron chi connectivity index (χ0n) is 12.0. The van der Waals surface area contributed by atoms with Crippen LogP contribution >= 0.6 is 0 Å². The van der Waals surface area contributed by atoms with Crippen LogP contribution in [-0.4, -0.2) is 6.18 Å². The number of aryl methyl sites for hydroxylation is 1. The van der Waals surface area contributed by atoms with Crippen LogP contribution in [0.3, 0.4) is 0 Å². The van der Waals surface area contributed by atoms with Gasteiger partial charge in [0.15, 0.2) is 0 Å². The normalized spacial score (nSPS) is 11.0. The van der Waals surface area contributed by atoms with E-state index in [0.29, 0.717) is 5.56 Å². The van der Waals surface area contributed by atoms with Crippen LogP contribution in [0.15, 0.2) is 42.5 Å². The summed E-state index contributed by atoms with van der Waals surface area (Å²) in [5, 5.41) is 0. The zero-order chi connectivity index (χ0) is 16.2. The Morgan fingerprint density at radius 3 is 2.14 bits per heavy atom. The van der Waals surface area contributed by atoms with E-state index in [0.717, 1.165) is 24.3 Å². The molecule has 0 amide bonds. The maximum atomic E-state index is 13.8. The Morgan fingerprint density at radius 1 is 0.955 bits per heavy atom. The van der Waals surface area contributed by atoms with Crippen molar-refractivity contribution in [1.82, 2.24) is 0 Å². The molecule has 0 saturated heterocycles. The van der Waals surface area contributed by atoms with Crippen molar-refractivity contribution in [3.8, 4) is 23.0 Å². The van der Waals surface area contributed by atoms with Gasteiger partial charge in [0.2, 0.25) is 0 Å². The van der Waals surface area contributed by atoms with Crippen LogP contribution in [0.5, 0.6) is 0 Å². The molecular formula is C18H14F4. The number of halogens is 4. The van der Waals surface area contributed by atoms with E-state index in [1.165, 1.54) is 17.7 Å². The van der Waals surface area contributed by atoms with Crippen LogP contribution in [-0.2, 0) is 6.42 Å². The van der Waals surface area contributed by atoms with Crippen molar-refractivity contribution in [2.75, 3.05) is 0 Å². The van der Waals surface area contributed by atoms with E-state index in [1.807, 2.05) is 30.2 Å². The maximum absolute atomic E-state index is 13.8. The smallest absolute Gasteiger partial charge is 0.206 e. The van der Waals surface area contributed by atoms with Crippen molar-refractivity contribution in [1.29, 1.82) is 0 Å². The Labute approximate surface area is 126 Å². The molecule has 0 aliphatic heterocycles. The van der Waals surface area contributed by atoms with Gasteiger partial charge in [0.05, 0.1) is 5.56 Å². The summed E-state index contributed by atoms with van der Waals surface area (Å²) in [6.45, 7) is 2.09. The quantitative estimate of drug-likeness (QED) is 0.529. The summed E-state index contributed by atoms with van der Waals surface area (Å²) >= 11 is 0. The number of hydrogen-bond donors (Lipinski definition) is 0. The second-order valence-corrected chi connectivity index (χ2v) is 4.89. The van der Waals surface area contributed by atoms with Crippen molar-refractivity contribution < 1.29 is 17.6 Å². The average molecular weight is 306 g/mol. The number of rotatable bonds is 3. The van der Waals surface area contributed by atoms with Crippen LogP contribution in [0, 0.1) is 17.7 Å². The molecule has 0 fully saturated rings. The van der Waals surface area contributed by atoms with Crippen molar-refractivity contribution in [2.24, 2.45) is 0 Å². The molecule has 114 valence electrons. The predicted octanol–water partition coefficient (Wildman–Crippen LogP) is 5.36. The Hall–Kier alpha value is -2.28. The highest BCUT2D eigenvalue weighted by molar-refractivity contribution is 5.65. The lowest BCUT2D eigenvalue weighted by Crippen LogP contribution is -2.01. The summed E-state index contributed by atoms with van der Waals surface area (Å²) in [7, 11) is 0. The van der Waals surface area contributed by atoms with Gasteiger partial charge in [-0.05, 0) is 35.2 Å². The lowest BCUT2D eigenvalue weighted by atomic mass is 10.0. The minimum Gasteiger partial charge on any atom is -0.206 e. The molecule has 0 atom stereocenters. The third kappa shape index (κ3) is 4.36. The summed E-state index contributed by atoms with van der Waals surface area (Å²) in [4.78, 5) is 0. The standard InChI is InChI=1S/C18H14F4/c1-2-3-13-4-6-14(7-5-13)16-9-8-15(17(19)12-16)10-11-18(20,21)22/h4-9,12H,2-3H2,1H3. The van der Waals surface area contributed by atoms with Crippen LogP contribution in [0.1, 0.15) is 24.5 Å². The third-order valence-corrected chi connectivity index (χ3v) is 3.13.